The second-order valence-electron chi connectivity index (χ2n) is 8.30. The summed E-state index contributed by atoms with van der Waals surface area (Å²) in [4.78, 5) is 57.4. The van der Waals surface area contributed by atoms with E-state index in [0.717, 1.165) is 5.75 Å². The molecule has 1 atom stereocenters. The third-order valence-corrected chi connectivity index (χ3v) is 6.12. The zero-order valence-corrected chi connectivity index (χ0v) is 23.2. The summed E-state index contributed by atoms with van der Waals surface area (Å²) in [5.41, 5.74) is 5.17. The van der Waals surface area contributed by atoms with Crippen LogP contribution < -0.4 is 11.1 Å². The summed E-state index contributed by atoms with van der Waals surface area (Å²) in [7, 11) is 0. The Balaban J connectivity index is 3.45. The van der Waals surface area contributed by atoms with E-state index in [2.05, 4.69) is 5.32 Å². The van der Waals surface area contributed by atoms with Gasteiger partial charge in [0.05, 0.1) is 65.3 Å². The normalized spacial score (nSPS) is 11.7. The molecule has 0 aromatic carbocycles. The number of Topliss-reactive ketones (excluding diaryl/α,β-unsaturated/α-hetero) is 3. The molecule has 0 aliphatic heterocycles. The van der Waals surface area contributed by atoms with Crippen LogP contribution in [0.4, 0.5) is 0 Å². The molecular weight excluding hydrogens is 520 g/mol. The molecule has 0 aliphatic carbocycles. The number of hydrogen-bond acceptors (Lipinski definition) is 11. The molecule has 0 aromatic rings. The molecule has 0 spiro atoms. The Morgan fingerprint density at radius 1 is 0.763 bits per heavy atom. The van der Waals surface area contributed by atoms with Gasteiger partial charge in [0.1, 0.15) is 11.6 Å². The largest absolute Gasteiger partial charge is 0.481 e. The third-order valence-electron chi connectivity index (χ3n) is 5.07. The lowest BCUT2D eigenvalue weighted by atomic mass is 10.0. The lowest BCUT2D eigenvalue weighted by molar-refractivity contribution is -0.143. The van der Waals surface area contributed by atoms with Gasteiger partial charge in [-0.05, 0) is 12.2 Å². The number of aliphatic carboxylic acids is 1. The molecule has 0 fully saturated rings. The van der Waals surface area contributed by atoms with Gasteiger partial charge in [-0.25, -0.2) is 0 Å². The standard InChI is InChI=1S/C25H44N2O10S/c1-2-38-19-20(25(32)33)16-21(28)7-9-35-11-13-37-15-14-36-12-10-34-8-3-4-23(30)18-27-24(31)6-5-22(29)17-26/h20H,2-19,26H2,1H3,(H,27,31)(H,32,33). The van der Waals surface area contributed by atoms with Crippen molar-refractivity contribution < 1.29 is 48.0 Å². The first-order valence-corrected chi connectivity index (χ1v) is 14.1. The first-order chi connectivity index (χ1) is 18.3. The van der Waals surface area contributed by atoms with E-state index in [4.69, 9.17) is 29.8 Å². The smallest absolute Gasteiger partial charge is 0.307 e. The minimum Gasteiger partial charge on any atom is -0.481 e. The van der Waals surface area contributed by atoms with Crippen LogP contribution >= 0.6 is 11.8 Å². The SMILES string of the molecule is CCSCC(CC(=O)CCOCCOCCOCCOCCCC(=O)CNC(=O)CCC(=O)CN)C(=O)O. The number of ketones is 3. The number of carboxylic acids is 1. The molecule has 0 aliphatic rings. The number of rotatable bonds is 28. The summed E-state index contributed by atoms with van der Waals surface area (Å²) in [6.07, 6.45) is 1.15. The zero-order chi connectivity index (χ0) is 28.4. The molecule has 0 saturated carbocycles. The first kappa shape index (κ1) is 36.1. The molecule has 0 saturated heterocycles. The second-order valence-corrected chi connectivity index (χ2v) is 9.62. The van der Waals surface area contributed by atoms with Gasteiger partial charge in [-0.2, -0.15) is 11.8 Å². The van der Waals surface area contributed by atoms with Crippen molar-refractivity contribution in [1.82, 2.24) is 5.32 Å². The van der Waals surface area contributed by atoms with Gasteiger partial charge in [-0.15, -0.1) is 0 Å². The fourth-order valence-electron chi connectivity index (χ4n) is 2.90. The fraction of sp³-hybridized carbons (Fsp3) is 0.800. The van der Waals surface area contributed by atoms with Crippen molar-refractivity contribution in [2.45, 2.75) is 45.4 Å². The lowest BCUT2D eigenvalue weighted by Crippen LogP contribution is -2.30. The quantitative estimate of drug-likeness (QED) is 0.113. The number of amides is 1. The third kappa shape index (κ3) is 23.2. The van der Waals surface area contributed by atoms with Crippen LogP contribution in [0.15, 0.2) is 0 Å². The molecule has 220 valence electrons. The number of carboxylic acid groups (broad SMARTS) is 1. The number of ether oxygens (including phenoxy) is 4. The van der Waals surface area contributed by atoms with E-state index in [1.54, 1.807) is 0 Å². The second kappa shape index (κ2) is 25.4. The van der Waals surface area contributed by atoms with E-state index in [0.29, 0.717) is 58.4 Å². The maximum Gasteiger partial charge on any atom is 0.307 e. The number of nitrogens with two attached hydrogens (primary N) is 1. The predicted octanol–water partition coefficient (Wildman–Crippen LogP) is 0.630. The van der Waals surface area contributed by atoms with Gasteiger partial charge < -0.3 is 35.1 Å². The molecule has 13 heteroatoms. The molecule has 38 heavy (non-hydrogen) atoms. The van der Waals surface area contributed by atoms with Crippen LogP contribution in [0.5, 0.6) is 0 Å². The Bertz CT molecular complexity index is 693. The molecule has 0 rings (SSSR count). The molecule has 0 aromatic heterocycles. The zero-order valence-electron chi connectivity index (χ0n) is 22.4. The average Bonchev–Trinajstić information content (AvgIpc) is 2.90. The summed E-state index contributed by atoms with van der Waals surface area (Å²) in [6, 6.07) is 0. The Labute approximate surface area is 229 Å². The molecule has 12 nitrogen and oxygen atoms in total. The van der Waals surface area contributed by atoms with Crippen LogP contribution in [0.25, 0.3) is 0 Å². The molecular formula is C25H44N2O10S. The van der Waals surface area contributed by atoms with E-state index >= 15 is 0 Å². The van der Waals surface area contributed by atoms with Crippen LogP contribution in [0, 0.1) is 5.92 Å². The van der Waals surface area contributed by atoms with Gasteiger partial charge in [0.2, 0.25) is 5.91 Å². The van der Waals surface area contributed by atoms with Crippen LogP contribution in [-0.2, 0) is 42.9 Å². The van der Waals surface area contributed by atoms with E-state index in [1.165, 1.54) is 11.8 Å². The minimum atomic E-state index is -0.940. The molecule has 4 N–H and O–H groups in total. The van der Waals surface area contributed by atoms with E-state index in [9.17, 15) is 24.0 Å². The number of carbonyl (C=O) groups is 5. The molecule has 0 heterocycles. The van der Waals surface area contributed by atoms with Gasteiger partial charge in [-0.3, -0.25) is 24.0 Å². The Kier molecular flexibility index (Phi) is 24.1. The highest BCUT2D eigenvalue weighted by Crippen LogP contribution is 2.14. The van der Waals surface area contributed by atoms with Gasteiger partial charge in [0.15, 0.2) is 5.78 Å². The monoisotopic (exact) mass is 564 g/mol. The molecule has 1 unspecified atom stereocenters. The van der Waals surface area contributed by atoms with Crippen molar-refractivity contribution in [2.75, 3.05) is 77.5 Å². The molecule has 0 radical (unpaired) electrons. The maximum atomic E-state index is 11.9. The topological polar surface area (TPSA) is 181 Å². The first-order valence-electron chi connectivity index (χ1n) is 12.9. The highest BCUT2D eigenvalue weighted by Gasteiger charge is 2.20. The van der Waals surface area contributed by atoms with E-state index < -0.39 is 11.9 Å². The van der Waals surface area contributed by atoms with Crippen molar-refractivity contribution in [3.05, 3.63) is 0 Å². The Morgan fingerprint density at radius 3 is 1.89 bits per heavy atom. The summed E-state index contributed by atoms with van der Waals surface area (Å²) >= 11 is 1.51. The van der Waals surface area contributed by atoms with Crippen molar-refractivity contribution >= 4 is 41.0 Å². The average molecular weight is 565 g/mol. The summed E-state index contributed by atoms with van der Waals surface area (Å²) in [5.74, 6) is -1.10. The van der Waals surface area contributed by atoms with Crippen LogP contribution in [-0.4, -0.2) is 112 Å². The fourth-order valence-corrected chi connectivity index (χ4v) is 3.68. The van der Waals surface area contributed by atoms with Crippen molar-refractivity contribution in [2.24, 2.45) is 11.7 Å². The van der Waals surface area contributed by atoms with E-state index in [-0.39, 0.29) is 75.1 Å². The Morgan fingerprint density at radius 2 is 1.34 bits per heavy atom. The van der Waals surface area contributed by atoms with Crippen molar-refractivity contribution in [3.8, 4) is 0 Å². The number of hydrogen-bond donors (Lipinski definition) is 3. The Hall–Kier alpha value is -1.90. The maximum absolute atomic E-state index is 11.9. The van der Waals surface area contributed by atoms with Crippen molar-refractivity contribution in [3.63, 3.8) is 0 Å². The highest BCUT2D eigenvalue weighted by atomic mass is 32.2. The van der Waals surface area contributed by atoms with Crippen LogP contribution in [0.3, 0.4) is 0 Å². The number of nitrogens with one attached hydrogen (secondary N) is 1. The van der Waals surface area contributed by atoms with Gasteiger partial charge in [0, 0.05) is 44.5 Å². The predicted molar refractivity (Wildman–Crippen MR) is 142 cm³/mol. The number of carbonyl (C=O) groups excluding carboxylic acids is 4. The van der Waals surface area contributed by atoms with Crippen LogP contribution in [0.2, 0.25) is 0 Å². The summed E-state index contributed by atoms with van der Waals surface area (Å²) in [6.45, 7) is 4.68. The summed E-state index contributed by atoms with van der Waals surface area (Å²) in [5, 5.41) is 11.6. The van der Waals surface area contributed by atoms with Crippen LogP contribution in [0.1, 0.15) is 45.4 Å². The van der Waals surface area contributed by atoms with Gasteiger partial charge in [0.25, 0.3) is 0 Å². The minimum absolute atomic E-state index is 0.0299. The van der Waals surface area contributed by atoms with Gasteiger partial charge in [-0.1, -0.05) is 6.92 Å². The highest BCUT2D eigenvalue weighted by molar-refractivity contribution is 7.99. The van der Waals surface area contributed by atoms with Gasteiger partial charge >= 0.3 is 5.97 Å². The molecule has 1 amide bonds. The molecule has 0 bridgehead atoms. The lowest BCUT2D eigenvalue weighted by Gasteiger charge is -2.11. The van der Waals surface area contributed by atoms with E-state index in [1.807, 2.05) is 6.92 Å². The summed E-state index contributed by atoms with van der Waals surface area (Å²) < 4.78 is 21.5. The van der Waals surface area contributed by atoms with Crippen molar-refractivity contribution in [1.29, 1.82) is 0 Å². The number of thioether (sulfide) groups is 1.